The fraction of sp³-hybridized carbons (Fsp3) is 0.647. The van der Waals surface area contributed by atoms with Crippen LogP contribution in [-0.2, 0) is 0 Å². The van der Waals surface area contributed by atoms with Gasteiger partial charge < -0.3 is 11.1 Å². The molecule has 3 aliphatic rings. The van der Waals surface area contributed by atoms with Crippen LogP contribution in [0.2, 0.25) is 0 Å². The van der Waals surface area contributed by atoms with E-state index in [0.717, 1.165) is 24.2 Å². The molecule has 5 atom stereocenters. The first-order valence-electron chi connectivity index (χ1n) is 7.89. The topological polar surface area (TPSA) is 38.0 Å². The van der Waals surface area contributed by atoms with Gasteiger partial charge in [-0.2, -0.15) is 0 Å². The summed E-state index contributed by atoms with van der Waals surface area (Å²) in [5.74, 6) is 3.00. The van der Waals surface area contributed by atoms with Crippen LogP contribution in [-0.4, -0.2) is 6.54 Å². The van der Waals surface area contributed by atoms with Gasteiger partial charge in [0.25, 0.3) is 0 Å². The second-order valence-electron chi connectivity index (χ2n) is 6.87. The minimum absolute atomic E-state index is 0.230. The fourth-order valence-corrected chi connectivity index (χ4v) is 4.79. The van der Waals surface area contributed by atoms with Crippen molar-refractivity contribution < 1.29 is 0 Å². The lowest BCUT2D eigenvalue weighted by molar-refractivity contribution is 0.304. The molecule has 2 nitrogen and oxygen atoms in total. The molecule has 0 saturated heterocycles. The largest absolute Gasteiger partial charge is 0.324 e. The number of nitrogens with one attached hydrogen (secondary N) is 1. The van der Waals surface area contributed by atoms with E-state index in [1.54, 1.807) is 0 Å². The van der Waals surface area contributed by atoms with E-state index in [2.05, 4.69) is 29.6 Å². The Morgan fingerprint density at radius 2 is 1.89 bits per heavy atom. The van der Waals surface area contributed by atoms with Crippen LogP contribution in [0.1, 0.15) is 55.3 Å². The van der Waals surface area contributed by atoms with Crippen LogP contribution in [0.25, 0.3) is 0 Å². The van der Waals surface area contributed by atoms with E-state index < -0.39 is 0 Å². The highest BCUT2D eigenvalue weighted by Gasteiger charge is 2.39. The van der Waals surface area contributed by atoms with Crippen molar-refractivity contribution in [3.05, 3.63) is 35.4 Å². The number of fused-ring (bicyclic) bond motifs is 3. The molecule has 3 N–H and O–H groups in total. The van der Waals surface area contributed by atoms with Gasteiger partial charge in [0.15, 0.2) is 0 Å². The van der Waals surface area contributed by atoms with Gasteiger partial charge in [0.2, 0.25) is 0 Å². The predicted molar refractivity (Wildman–Crippen MR) is 77.7 cm³/mol. The molecule has 102 valence electrons. The summed E-state index contributed by atoms with van der Waals surface area (Å²) in [5.41, 5.74) is 9.04. The molecule has 0 heterocycles. The summed E-state index contributed by atoms with van der Waals surface area (Å²) in [7, 11) is 0. The average molecular weight is 256 g/mol. The highest BCUT2D eigenvalue weighted by molar-refractivity contribution is 5.37. The van der Waals surface area contributed by atoms with Gasteiger partial charge >= 0.3 is 0 Å². The molecule has 3 aliphatic carbocycles. The van der Waals surface area contributed by atoms with Crippen LogP contribution >= 0.6 is 0 Å². The SMILES string of the molecule is NC1CC(NCC2CC3CCC2C3)c2ccccc21. The summed E-state index contributed by atoms with van der Waals surface area (Å²) in [6, 6.07) is 9.42. The molecular formula is C17H24N2. The summed E-state index contributed by atoms with van der Waals surface area (Å²) in [5, 5.41) is 3.82. The van der Waals surface area contributed by atoms with Crippen LogP contribution in [0.5, 0.6) is 0 Å². The molecule has 0 aliphatic heterocycles. The van der Waals surface area contributed by atoms with Crippen LogP contribution in [0, 0.1) is 17.8 Å². The molecule has 1 aromatic carbocycles. The van der Waals surface area contributed by atoms with Crippen molar-refractivity contribution in [2.24, 2.45) is 23.5 Å². The van der Waals surface area contributed by atoms with E-state index in [4.69, 9.17) is 5.73 Å². The normalized spacial score (nSPS) is 39.7. The third-order valence-corrected chi connectivity index (χ3v) is 5.77. The summed E-state index contributed by atoms with van der Waals surface area (Å²) < 4.78 is 0. The number of hydrogen-bond donors (Lipinski definition) is 2. The second-order valence-corrected chi connectivity index (χ2v) is 6.87. The Balaban J connectivity index is 1.42. The first-order valence-corrected chi connectivity index (χ1v) is 7.89. The zero-order valence-electron chi connectivity index (χ0n) is 11.5. The average Bonchev–Trinajstić information content (AvgIpc) is 3.12. The molecule has 1 aromatic rings. The van der Waals surface area contributed by atoms with E-state index in [1.165, 1.54) is 43.4 Å². The van der Waals surface area contributed by atoms with Gasteiger partial charge in [-0.05, 0) is 61.1 Å². The molecule has 0 radical (unpaired) electrons. The van der Waals surface area contributed by atoms with Gasteiger partial charge in [0.1, 0.15) is 0 Å². The molecule has 2 bridgehead atoms. The maximum Gasteiger partial charge on any atom is 0.0341 e. The summed E-state index contributed by atoms with van der Waals surface area (Å²) >= 11 is 0. The van der Waals surface area contributed by atoms with Gasteiger partial charge in [0.05, 0.1) is 0 Å². The first kappa shape index (κ1) is 11.9. The van der Waals surface area contributed by atoms with Crippen molar-refractivity contribution in [3.63, 3.8) is 0 Å². The van der Waals surface area contributed by atoms with Crippen molar-refractivity contribution in [1.82, 2.24) is 5.32 Å². The van der Waals surface area contributed by atoms with Crippen molar-refractivity contribution in [1.29, 1.82) is 0 Å². The van der Waals surface area contributed by atoms with Crippen molar-refractivity contribution in [2.75, 3.05) is 6.54 Å². The van der Waals surface area contributed by atoms with Gasteiger partial charge in [-0.15, -0.1) is 0 Å². The van der Waals surface area contributed by atoms with E-state index in [-0.39, 0.29) is 6.04 Å². The minimum Gasteiger partial charge on any atom is -0.324 e. The van der Waals surface area contributed by atoms with Crippen LogP contribution in [0.3, 0.4) is 0 Å². The molecule has 0 aromatic heterocycles. The third kappa shape index (κ3) is 2.02. The van der Waals surface area contributed by atoms with Crippen LogP contribution in [0.4, 0.5) is 0 Å². The Kier molecular flexibility index (Phi) is 2.89. The summed E-state index contributed by atoms with van der Waals surface area (Å²) in [6.07, 6.45) is 7.03. The quantitative estimate of drug-likeness (QED) is 0.872. The second kappa shape index (κ2) is 4.60. The van der Waals surface area contributed by atoms with Gasteiger partial charge in [0, 0.05) is 12.1 Å². The van der Waals surface area contributed by atoms with Gasteiger partial charge in [-0.1, -0.05) is 30.7 Å². The molecule has 4 rings (SSSR count). The summed E-state index contributed by atoms with van der Waals surface area (Å²) in [4.78, 5) is 0. The van der Waals surface area contributed by atoms with E-state index in [0.29, 0.717) is 6.04 Å². The lowest BCUT2D eigenvalue weighted by Gasteiger charge is -2.24. The predicted octanol–water partition coefficient (Wildman–Crippen LogP) is 3.16. The van der Waals surface area contributed by atoms with Crippen molar-refractivity contribution in [2.45, 2.75) is 44.2 Å². The Morgan fingerprint density at radius 3 is 2.63 bits per heavy atom. The first-order chi connectivity index (χ1) is 9.31. The van der Waals surface area contributed by atoms with Crippen molar-refractivity contribution >= 4 is 0 Å². The maximum atomic E-state index is 6.24. The number of nitrogens with two attached hydrogens (primary N) is 1. The van der Waals surface area contributed by atoms with Crippen LogP contribution < -0.4 is 11.1 Å². The molecule has 19 heavy (non-hydrogen) atoms. The molecule has 5 unspecified atom stereocenters. The highest BCUT2D eigenvalue weighted by Crippen LogP contribution is 2.48. The number of benzene rings is 1. The smallest absolute Gasteiger partial charge is 0.0341 e. The molecule has 0 amide bonds. The highest BCUT2D eigenvalue weighted by atomic mass is 14.9. The monoisotopic (exact) mass is 256 g/mol. The van der Waals surface area contributed by atoms with Crippen molar-refractivity contribution in [3.8, 4) is 0 Å². The number of hydrogen-bond acceptors (Lipinski definition) is 2. The van der Waals surface area contributed by atoms with Crippen LogP contribution in [0.15, 0.2) is 24.3 Å². The van der Waals surface area contributed by atoms with E-state index in [1.807, 2.05) is 0 Å². The Morgan fingerprint density at radius 1 is 1.05 bits per heavy atom. The van der Waals surface area contributed by atoms with Gasteiger partial charge in [-0.3, -0.25) is 0 Å². The molecule has 2 heteroatoms. The zero-order valence-corrected chi connectivity index (χ0v) is 11.5. The standard InChI is InChI=1S/C17H24N2/c18-16-9-17(15-4-2-1-3-14(15)16)19-10-13-8-11-5-6-12(13)7-11/h1-4,11-13,16-17,19H,5-10,18H2. The zero-order chi connectivity index (χ0) is 12.8. The Labute approximate surface area is 115 Å². The molecule has 2 fully saturated rings. The molecule has 2 saturated carbocycles. The van der Waals surface area contributed by atoms with E-state index >= 15 is 0 Å². The Bertz CT molecular complexity index is 470. The molecular weight excluding hydrogens is 232 g/mol. The maximum absolute atomic E-state index is 6.24. The van der Waals surface area contributed by atoms with E-state index in [9.17, 15) is 0 Å². The lowest BCUT2D eigenvalue weighted by atomic mass is 9.88. The summed E-state index contributed by atoms with van der Waals surface area (Å²) in [6.45, 7) is 1.20. The fourth-order valence-electron chi connectivity index (χ4n) is 4.79. The minimum atomic E-state index is 0.230. The molecule has 0 spiro atoms. The number of rotatable bonds is 3. The Hall–Kier alpha value is -0.860. The lowest BCUT2D eigenvalue weighted by Crippen LogP contribution is -2.29. The third-order valence-electron chi connectivity index (χ3n) is 5.77. The van der Waals surface area contributed by atoms with Gasteiger partial charge in [-0.25, -0.2) is 0 Å².